The molecule has 0 saturated heterocycles. The molecule has 0 saturated carbocycles. The van der Waals surface area contributed by atoms with E-state index in [1.807, 2.05) is 37.3 Å². The zero-order valence-corrected chi connectivity index (χ0v) is 21.0. The fourth-order valence-electron chi connectivity index (χ4n) is 3.83. The van der Waals surface area contributed by atoms with Crippen LogP contribution in [-0.2, 0) is 10.0 Å². The van der Waals surface area contributed by atoms with Crippen molar-refractivity contribution in [1.82, 2.24) is 5.01 Å². The maximum atomic E-state index is 13.1. The van der Waals surface area contributed by atoms with Crippen molar-refractivity contribution in [2.45, 2.75) is 31.1 Å². The molecule has 3 aromatic rings. The number of guanidine groups is 1. The Morgan fingerprint density at radius 3 is 2.31 bits per heavy atom. The second kappa shape index (κ2) is 10.4. The molecule has 180 valence electrons. The molecule has 35 heavy (non-hydrogen) atoms. The molecule has 0 fully saturated rings. The van der Waals surface area contributed by atoms with Crippen LogP contribution >= 0.6 is 11.6 Å². The highest BCUT2D eigenvalue weighted by atomic mass is 35.5. The number of nitrogens with zero attached hydrogens (tertiary/aromatic N) is 4. The average Bonchev–Trinajstić information content (AvgIpc) is 2.84. The van der Waals surface area contributed by atoms with E-state index >= 15 is 0 Å². The SMILES string of the molecule is C/C(N)=N\C(=N\S(=O)(=O)c1ccc(C)cc1)N1CCC(c2ccccc2)C(c2ccc(Cl)cc2)=N1. The minimum Gasteiger partial charge on any atom is -0.387 e. The zero-order chi connectivity index (χ0) is 25.0. The Kier molecular flexibility index (Phi) is 7.33. The Bertz CT molecular complexity index is 1380. The Morgan fingerprint density at radius 1 is 1.03 bits per heavy atom. The van der Waals surface area contributed by atoms with Gasteiger partial charge in [-0.05, 0) is 55.7 Å². The predicted octanol–water partition coefficient (Wildman–Crippen LogP) is 4.96. The van der Waals surface area contributed by atoms with Crippen LogP contribution in [-0.4, -0.2) is 37.5 Å². The summed E-state index contributed by atoms with van der Waals surface area (Å²) in [5, 5.41) is 6.96. The van der Waals surface area contributed by atoms with Crippen LogP contribution in [0.3, 0.4) is 0 Å². The molecule has 0 bridgehead atoms. The van der Waals surface area contributed by atoms with E-state index in [0.717, 1.165) is 22.4 Å². The van der Waals surface area contributed by atoms with Gasteiger partial charge in [-0.1, -0.05) is 71.8 Å². The van der Waals surface area contributed by atoms with Gasteiger partial charge in [0.05, 0.1) is 16.4 Å². The van der Waals surface area contributed by atoms with Gasteiger partial charge in [0.15, 0.2) is 0 Å². The average molecular weight is 508 g/mol. The van der Waals surface area contributed by atoms with Gasteiger partial charge in [-0.25, -0.2) is 5.01 Å². The number of amidine groups is 1. The summed E-state index contributed by atoms with van der Waals surface area (Å²) in [6.07, 6.45) is 0.675. The minimum atomic E-state index is -4.03. The maximum absolute atomic E-state index is 13.1. The molecule has 0 aliphatic carbocycles. The highest BCUT2D eigenvalue weighted by molar-refractivity contribution is 7.90. The third-order valence-corrected chi connectivity index (χ3v) is 7.08. The van der Waals surface area contributed by atoms with Gasteiger partial charge in [0, 0.05) is 17.5 Å². The quantitative estimate of drug-likeness (QED) is 0.398. The largest absolute Gasteiger partial charge is 0.387 e. The van der Waals surface area contributed by atoms with Crippen LogP contribution in [0.2, 0.25) is 5.02 Å². The van der Waals surface area contributed by atoms with Crippen molar-refractivity contribution < 1.29 is 8.42 Å². The number of hydrogen-bond acceptors (Lipinski definition) is 3. The first-order valence-corrected chi connectivity index (χ1v) is 12.9. The molecule has 7 nitrogen and oxygen atoms in total. The molecule has 0 amide bonds. The van der Waals surface area contributed by atoms with E-state index in [1.165, 1.54) is 17.1 Å². The van der Waals surface area contributed by atoms with Gasteiger partial charge in [0.1, 0.15) is 0 Å². The van der Waals surface area contributed by atoms with Gasteiger partial charge in [-0.15, -0.1) is 4.40 Å². The van der Waals surface area contributed by atoms with Gasteiger partial charge < -0.3 is 5.73 Å². The number of nitrogens with two attached hydrogens (primary N) is 1. The third kappa shape index (κ3) is 5.96. The Labute approximate surface area is 210 Å². The van der Waals surface area contributed by atoms with Gasteiger partial charge in [0.25, 0.3) is 16.0 Å². The summed E-state index contributed by atoms with van der Waals surface area (Å²) in [5.74, 6) is 0.103. The number of halogens is 1. The van der Waals surface area contributed by atoms with Gasteiger partial charge >= 0.3 is 0 Å². The first kappa shape index (κ1) is 24.6. The predicted molar refractivity (Wildman–Crippen MR) is 142 cm³/mol. The third-order valence-electron chi connectivity index (χ3n) is 5.56. The number of sulfonamides is 1. The Hall–Kier alpha value is -3.49. The lowest BCUT2D eigenvalue weighted by Gasteiger charge is -2.30. The van der Waals surface area contributed by atoms with Crippen molar-refractivity contribution in [3.63, 3.8) is 0 Å². The molecule has 1 heterocycles. The normalized spacial score (nSPS) is 17.3. The lowest BCUT2D eigenvalue weighted by atomic mass is 9.86. The summed E-state index contributed by atoms with van der Waals surface area (Å²) in [7, 11) is -4.03. The van der Waals surface area contributed by atoms with E-state index in [0.29, 0.717) is 18.0 Å². The number of aliphatic imine (C=N–C) groups is 1. The summed E-state index contributed by atoms with van der Waals surface area (Å²) in [6.45, 7) is 3.88. The van der Waals surface area contributed by atoms with Crippen LogP contribution in [0.4, 0.5) is 0 Å². The van der Waals surface area contributed by atoms with E-state index < -0.39 is 10.0 Å². The highest BCUT2D eigenvalue weighted by Crippen LogP contribution is 2.30. The second-order valence-electron chi connectivity index (χ2n) is 8.30. The molecular weight excluding hydrogens is 482 g/mol. The lowest BCUT2D eigenvalue weighted by molar-refractivity contribution is 0.400. The maximum Gasteiger partial charge on any atom is 0.285 e. The van der Waals surface area contributed by atoms with E-state index in [9.17, 15) is 8.42 Å². The number of aryl methyl sites for hydroxylation is 1. The van der Waals surface area contributed by atoms with Crippen molar-refractivity contribution in [2.75, 3.05) is 6.54 Å². The second-order valence-corrected chi connectivity index (χ2v) is 10.3. The highest BCUT2D eigenvalue weighted by Gasteiger charge is 2.29. The monoisotopic (exact) mass is 507 g/mol. The molecule has 1 atom stereocenters. The summed E-state index contributed by atoms with van der Waals surface area (Å²) in [6, 6.07) is 24.0. The summed E-state index contributed by atoms with van der Waals surface area (Å²) in [5.41, 5.74) is 9.55. The first-order chi connectivity index (χ1) is 16.7. The van der Waals surface area contributed by atoms with E-state index in [1.54, 1.807) is 31.2 Å². The zero-order valence-electron chi connectivity index (χ0n) is 19.5. The molecule has 1 aliphatic heterocycles. The molecule has 1 unspecified atom stereocenters. The fraction of sp³-hybridized carbons (Fsp3) is 0.192. The first-order valence-electron chi connectivity index (χ1n) is 11.1. The van der Waals surface area contributed by atoms with Crippen molar-refractivity contribution in [3.8, 4) is 0 Å². The lowest BCUT2D eigenvalue weighted by Crippen LogP contribution is -2.36. The van der Waals surface area contributed by atoms with Gasteiger partial charge in [-0.3, -0.25) is 0 Å². The van der Waals surface area contributed by atoms with Gasteiger partial charge in [-0.2, -0.15) is 18.5 Å². The van der Waals surface area contributed by atoms with E-state index in [-0.39, 0.29) is 22.6 Å². The van der Waals surface area contributed by atoms with Crippen LogP contribution in [0.25, 0.3) is 0 Å². The molecule has 3 aromatic carbocycles. The summed E-state index contributed by atoms with van der Waals surface area (Å²) in [4.78, 5) is 4.31. The Morgan fingerprint density at radius 2 is 1.69 bits per heavy atom. The summed E-state index contributed by atoms with van der Waals surface area (Å²) < 4.78 is 30.2. The molecule has 0 aromatic heterocycles. The molecule has 4 rings (SSSR count). The molecule has 0 spiro atoms. The number of benzene rings is 3. The van der Waals surface area contributed by atoms with Crippen LogP contribution in [0.1, 0.15) is 36.0 Å². The van der Waals surface area contributed by atoms with Crippen LogP contribution < -0.4 is 5.73 Å². The molecular formula is C26H26ClN5O2S. The minimum absolute atomic E-state index is 0.00605. The number of hydrogen-bond donors (Lipinski definition) is 1. The number of hydrazone groups is 1. The molecule has 1 aliphatic rings. The van der Waals surface area contributed by atoms with E-state index in [4.69, 9.17) is 22.4 Å². The van der Waals surface area contributed by atoms with Crippen LogP contribution in [0, 0.1) is 6.92 Å². The number of rotatable bonds is 4. The van der Waals surface area contributed by atoms with Crippen LogP contribution in [0.15, 0.2) is 98.2 Å². The molecule has 2 N–H and O–H groups in total. The molecule has 0 radical (unpaired) electrons. The van der Waals surface area contributed by atoms with Crippen LogP contribution in [0.5, 0.6) is 0 Å². The van der Waals surface area contributed by atoms with Crippen molar-refractivity contribution in [1.29, 1.82) is 0 Å². The topological polar surface area (TPSA) is 100 Å². The van der Waals surface area contributed by atoms with Crippen molar-refractivity contribution >= 4 is 39.1 Å². The van der Waals surface area contributed by atoms with Gasteiger partial charge in [0.2, 0.25) is 0 Å². The van der Waals surface area contributed by atoms with Crippen molar-refractivity contribution in [3.05, 3.63) is 101 Å². The van der Waals surface area contributed by atoms with E-state index in [2.05, 4.69) is 21.5 Å². The standard InChI is InChI=1S/C26H26ClN5O2S/c1-18-8-14-23(15-9-18)35(33,34)31-26(29-19(2)28)32-17-16-24(20-6-4-3-5-7-20)25(30-32)21-10-12-22(27)13-11-21/h3-15,24H,16-17H2,1-2H3,(H2,28,29,31). The smallest absolute Gasteiger partial charge is 0.285 e. The summed E-state index contributed by atoms with van der Waals surface area (Å²) >= 11 is 6.11. The Balaban J connectivity index is 1.81. The molecule has 9 heteroatoms. The fourth-order valence-corrected chi connectivity index (χ4v) is 4.89. The van der Waals surface area contributed by atoms with Crippen molar-refractivity contribution in [2.24, 2.45) is 20.2 Å².